The zero-order valence-electron chi connectivity index (χ0n) is 11.3. The van der Waals surface area contributed by atoms with Crippen LogP contribution in [-0.2, 0) is 19.6 Å². The Morgan fingerprint density at radius 3 is 2.68 bits per heavy atom. The van der Waals surface area contributed by atoms with E-state index in [0.717, 1.165) is 6.42 Å². The highest BCUT2D eigenvalue weighted by atomic mass is 32.2. The summed E-state index contributed by atoms with van der Waals surface area (Å²) in [5, 5.41) is 8.63. The van der Waals surface area contributed by atoms with Crippen molar-refractivity contribution in [2.45, 2.75) is 49.9 Å². The molecule has 6 nitrogen and oxygen atoms in total. The number of carbonyl (C=O) groups is 1. The van der Waals surface area contributed by atoms with Crippen molar-refractivity contribution in [1.29, 1.82) is 0 Å². The number of nitrogens with zero attached hydrogens (tertiary/aromatic N) is 1. The molecule has 0 aromatic heterocycles. The van der Waals surface area contributed by atoms with Crippen molar-refractivity contribution < 1.29 is 23.1 Å². The number of sulfonamides is 1. The van der Waals surface area contributed by atoms with Crippen molar-refractivity contribution in [3.8, 4) is 0 Å². The second-order valence-corrected chi connectivity index (χ2v) is 7.70. The summed E-state index contributed by atoms with van der Waals surface area (Å²) < 4.78 is 31.5. The Hall–Kier alpha value is -0.660. The first kappa shape index (κ1) is 14.7. The molecule has 0 radical (unpaired) electrons. The molecule has 19 heavy (non-hydrogen) atoms. The van der Waals surface area contributed by atoms with E-state index in [4.69, 9.17) is 9.84 Å². The lowest BCUT2D eigenvalue weighted by molar-refractivity contribution is -0.142. The maximum absolute atomic E-state index is 12.5. The quantitative estimate of drug-likeness (QED) is 0.778. The summed E-state index contributed by atoms with van der Waals surface area (Å²) in [6.07, 6.45) is 2.34. The average molecular weight is 291 g/mol. The summed E-state index contributed by atoms with van der Waals surface area (Å²) >= 11 is 0. The molecule has 2 heterocycles. The first-order valence-electron chi connectivity index (χ1n) is 6.63. The normalized spacial score (nSPS) is 32.6. The number of aliphatic carboxylic acids is 1. The Morgan fingerprint density at radius 1 is 1.47 bits per heavy atom. The largest absolute Gasteiger partial charge is 0.481 e. The van der Waals surface area contributed by atoms with Crippen LogP contribution in [0.1, 0.15) is 32.6 Å². The van der Waals surface area contributed by atoms with Gasteiger partial charge in [0.2, 0.25) is 10.0 Å². The van der Waals surface area contributed by atoms with Crippen LogP contribution in [0.2, 0.25) is 0 Å². The molecule has 0 amide bonds. The van der Waals surface area contributed by atoms with E-state index in [-0.39, 0.29) is 12.1 Å². The van der Waals surface area contributed by atoms with E-state index in [0.29, 0.717) is 25.9 Å². The molecule has 2 saturated heterocycles. The Kier molecular flexibility index (Phi) is 4.17. The highest BCUT2D eigenvalue weighted by Gasteiger charge is 2.54. The number of carboxylic acid groups (broad SMARTS) is 1. The van der Waals surface area contributed by atoms with Gasteiger partial charge in [0.15, 0.2) is 0 Å². The van der Waals surface area contributed by atoms with Gasteiger partial charge in [-0.15, -0.1) is 0 Å². The molecule has 0 aromatic carbocycles. The number of ether oxygens (including phenoxy) is 1. The van der Waals surface area contributed by atoms with Gasteiger partial charge < -0.3 is 9.84 Å². The highest BCUT2D eigenvalue weighted by Crippen LogP contribution is 2.44. The molecule has 4 unspecified atom stereocenters. The first-order chi connectivity index (χ1) is 8.89. The Morgan fingerprint density at radius 2 is 2.16 bits per heavy atom. The smallest absolute Gasteiger partial charge is 0.308 e. The summed E-state index contributed by atoms with van der Waals surface area (Å²) in [5.41, 5.74) is 0. The predicted molar refractivity (Wildman–Crippen MR) is 69.3 cm³/mol. The topological polar surface area (TPSA) is 83.9 Å². The third-order valence-corrected chi connectivity index (χ3v) is 6.73. The van der Waals surface area contributed by atoms with Crippen molar-refractivity contribution in [3.63, 3.8) is 0 Å². The number of carboxylic acids is 1. The molecule has 2 rings (SSSR count). The molecular formula is C12H21NO5S. The van der Waals surface area contributed by atoms with E-state index >= 15 is 0 Å². The van der Waals surface area contributed by atoms with Gasteiger partial charge in [0.05, 0.1) is 11.2 Å². The van der Waals surface area contributed by atoms with Crippen molar-refractivity contribution in [2.75, 3.05) is 13.7 Å². The van der Waals surface area contributed by atoms with Crippen LogP contribution >= 0.6 is 0 Å². The van der Waals surface area contributed by atoms with Crippen LogP contribution in [0.3, 0.4) is 0 Å². The van der Waals surface area contributed by atoms with Gasteiger partial charge in [-0.3, -0.25) is 4.79 Å². The van der Waals surface area contributed by atoms with Gasteiger partial charge in [0.25, 0.3) is 0 Å². The second-order valence-electron chi connectivity index (χ2n) is 5.45. The second kappa shape index (κ2) is 5.38. The minimum atomic E-state index is -3.42. The van der Waals surface area contributed by atoms with E-state index in [1.54, 1.807) is 14.0 Å². The van der Waals surface area contributed by atoms with Crippen LogP contribution in [0, 0.1) is 5.92 Å². The Labute approximate surface area is 113 Å². The Balaban J connectivity index is 2.16. The Bertz CT molecular complexity index is 449. The number of hydrogen-bond acceptors (Lipinski definition) is 4. The first-order valence-corrected chi connectivity index (χ1v) is 8.14. The number of fused-ring (bicyclic) bond motifs is 2. The van der Waals surface area contributed by atoms with Gasteiger partial charge in [-0.25, -0.2) is 8.42 Å². The lowest BCUT2D eigenvalue weighted by Gasteiger charge is -2.26. The number of rotatable bonds is 6. The maximum Gasteiger partial charge on any atom is 0.308 e. The molecule has 7 heteroatoms. The van der Waals surface area contributed by atoms with Crippen molar-refractivity contribution in [3.05, 3.63) is 0 Å². The summed E-state index contributed by atoms with van der Waals surface area (Å²) in [4.78, 5) is 11.2. The molecule has 2 aliphatic heterocycles. The molecule has 110 valence electrons. The monoisotopic (exact) mass is 291 g/mol. The predicted octanol–water partition coefficient (Wildman–Crippen LogP) is 0.679. The van der Waals surface area contributed by atoms with Crippen molar-refractivity contribution >= 4 is 16.0 Å². The average Bonchev–Trinajstić information content (AvgIpc) is 2.93. The van der Waals surface area contributed by atoms with Crippen LogP contribution in [-0.4, -0.2) is 54.8 Å². The standard InChI is InChI=1S/C12H21NO5S/c1-8(5-6-18-2)19(16,17)13-9-3-4-11(13)10(7-9)12(14)15/h8-11H,3-7H2,1-2H3,(H,14,15). The van der Waals surface area contributed by atoms with Crippen LogP contribution in [0.15, 0.2) is 0 Å². The maximum atomic E-state index is 12.5. The van der Waals surface area contributed by atoms with Gasteiger partial charge >= 0.3 is 5.97 Å². The highest BCUT2D eigenvalue weighted by molar-refractivity contribution is 7.89. The fourth-order valence-corrected chi connectivity index (χ4v) is 5.29. The summed E-state index contributed by atoms with van der Waals surface area (Å²) in [6.45, 7) is 2.06. The van der Waals surface area contributed by atoms with Gasteiger partial charge in [-0.2, -0.15) is 4.31 Å². The van der Waals surface area contributed by atoms with Gasteiger partial charge in [-0.1, -0.05) is 0 Å². The molecule has 1 N–H and O–H groups in total. The van der Waals surface area contributed by atoms with Crippen molar-refractivity contribution in [1.82, 2.24) is 4.31 Å². The molecule has 0 aliphatic carbocycles. The zero-order valence-corrected chi connectivity index (χ0v) is 12.1. The lowest BCUT2D eigenvalue weighted by atomic mass is 9.89. The fourth-order valence-electron chi connectivity index (χ4n) is 3.24. The molecule has 0 aromatic rings. The molecule has 2 aliphatic rings. The van der Waals surface area contributed by atoms with E-state index < -0.39 is 27.2 Å². The molecule has 2 fully saturated rings. The summed E-state index contributed by atoms with van der Waals surface area (Å²) in [6, 6.07) is -0.474. The molecule has 2 bridgehead atoms. The van der Waals surface area contributed by atoms with Crippen LogP contribution < -0.4 is 0 Å². The van der Waals surface area contributed by atoms with Gasteiger partial charge in [0.1, 0.15) is 0 Å². The van der Waals surface area contributed by atoms with Gasteiger partial charge in [-0.05, 0) is 32.6 Å². The molecular weight excluding hydrogens is 270 g/mol. The third kappa shape index (κ3) is 2.51. The summed E-state index contributed by atoms with van der Waals surface area (Å²) in [5.74, 6) is -1.42. The number of hydrogen-bond donors (Lipinski definition) is 1. The lowest BCUT2D eigenvalue weighted by Crippen LogP contribution is -2.42. The SMILES string of the molecule is COCCC(C)S(=O)(=O)N1C2CCC1C(C(=O)O)C2. The van der Waals surface area contributed by atoms with Gasteiger partial charge in [0, 0.05) is 25.8 Å². The molecule has 0 saturated carbocycles. The van der Waals surface area contributed by atoms with E-state index in [2.05, 4.69) is 0 Å². The van der Waals surface area contributed by atoms with Crippen LogP contribution in [0.25, 0.3) is 0 Å². The third-order valence-electron chi connectivity index (χ3n) is 4.32. The fraction of sp³-hybridized carbons (Fsp3) is 0.917. The van der Waals surface area contributed by atoms with E-state index in [1.165, 1.54) is 4.31 Å². The van der Waals surface area contributed by atoms with Crippen LogP contribution in [0.4, 0.5) is 0 Å². The number of methoxy groups -OCH3 is 1. The molecule has 0 spiro atoms. The van der Waals surface area contributed by atoms with E-state index in [1.807, 2.05) is 0 Å². The summed E-state index contributed by atoms with van der Waals surface area (Å²) in [7, 11) is -1.88. The molecule has 4 atom stereocenters. The minimum absolute atomic E-state index is 0.124. The van der Waals surface area contributed by atoms with E-state index in [9.17, 15) is 13.2 Å². The van der Waals surface area contributed by atoms with Crippen LogP contribution in [0.5, 0.6) is 0 Å². The zero-order chi connectivity index (χ0) is 14.2. The minimum Gasteiger partial charge on any atom is -0.481 e. The van der Waals surface area contributed by atoms with Crippen molar-refractivity contribution in [2.24, 2.45) is 5.92 Å².